The molecule has 6 heteroatoms. The number of benzene rings is 2. The number of ether oxygens (including phenoxy) is 1. The summed E-state index contributed by atoms with van der Waals surface area (Å²) in [6, 6.07) is 14.6. The van der Waals surface area contributed by atoms with Gasteiger partial charge in [-0.05, 0) is 72.6 Å². The van der Waals surface area contributed by atoms with Crippen LogP contribution in [-0.4, -0.2) is 54.2 Å². The summed E-state index contributed by atoms with van der Waals surface area (Å²) in [6.45, 7) is 3.19. The van der Waals surface area contributed by atoms with E-state index in [9.17, 15) is 14.7 Å². The average molecular weight is 461 g/mol. The maximum Gasteiger partial charge on any atom is 0.337 e. The van der Waals surface area contributed by atoms with Crippen molar-refractivity contribution in [1.82, 2.24) is 4.90 Å². The van der Waals surface area contributed by atoms with Gasteiger partial charge in [0.2, 0.25) is 0 Å². The first-order valence-corrected chi connectivity index (χ1v) is 12.6. The number of anilines is 1. The molecule has 2 saturated heterocycles. The summed E-state index contributed by atoms with van der Waals surface area (Å²) in [6.07, 6.45) is 5.93. The molecule has 4 aliphatic rings. The zero-order valence-corrected chi connectivity index (χ0v) is 19.5. The molecule has 3 atom stereocenters. The molecule has 34 heavy (non-hydrogen) atoms. The fourth-order valence-electron chi connectivity index (χ4n) is 6.48. The molecule has 3 fully saturated rings. The summed E-state index contributed by atoms with van der Waals surface area (Å²) < 4.78 is 5.60. The Morgan fingerprint density at radius 3 is 2.53 bits per heavy atom. The number of fused-ring (bicyclic) bond motifs is 1. The first kappa shape index (κ1) is 21.7. The number of nitrogens with zero attached hydrogens (tertiary/aromatic N) is 1. The highest BCUT2D eigenvalue weighted by Gasteiger charge is 2.55. The van der Waals surface area contributed by atoms with Gasteiger partial charge in [-0.3, -0.25) is 4.79 Å². The minimum Gasteiger partial charge on any atom is -0.478 e. The smallest absolute Gasteiger partial charge is 0.337 e. The van der Waals surface area contributed by atoms with Crippen molar-refractivity contribution in [2.75, 3.05) is 31.6 Å². The average Bonchev–Trinajstić information content (AvgIpc) is 3.28. The molecule has 1 amide bonds. The van der Waals surface area contributed by atoms with E-state index in [1.165, 1.54) is 17.5 Å². The van der Waals surface area contributed by atoms with Gasteiger partial charge >= 0.3 is 5.97 Å². The van der Waals surface area contributed by atoms with Gasteiger partial charge in [0, 0.05) is 32.2 Å². The Kier molecular flexibility index (Phi) is 5.36. The van der Waals surface area contributed by atoms with Gasteiger partial charge in [-0.15, -0.1) is 0 Å². The van der Waals surface area contributed by atoms with E-state index in [1.54, 1.807) is 6.07 Å². The zero-order valence-electron chi connectivity index (χ0n) is 19.5. The van der Waals surface area contributed by atoms with E-state index in [1.807, 2.05) is 17.0 Å². The van der Waals surface area contributed by atoms with Crippen LogP contribution < -0.4 is 5.32 Å². The number of hydrogen-bond donors (Lipinski definition) is 2. The Hall–Kier alpha value is -2.86. The van der Waals surface area contributed by atoms with E-state index in [0.29, 0.717) is 22.8 Å². The lowest BCUT2D eigenvalue weighted by Gasteiger charge is -2.34. The summed E-state index contributed by atoms with van der Waals surface area (Å²) >= 11 is 0. The van der Waals surface area contributed by atoms with E-state index in [2.05, 4.69) is 29.6 Å². The van der Waals surface area contributed by atoms with Crippen LogP contribution in [0.25, 0.3) is 0 Å². The largest absolute Gasteiger partial charge is 0.478 e. The molecule has 1 spiro atoms. The maximum atomic E-state index is 12.7. The lowest BCUT2D eigenvalue weighted by Crippen LogP contribution is -2.44. The molecule has 2 aromatic carbocycles. The number of para-hydroxylation sites is 1. The molecule has 1 unspecified atom stereocenters. The van der Waals surface area contributed by atoms with Crippen molar-refractivity contribution in [2.24, 2.45) is 5.41 Å². The van der Waals surface area contributed by atoms with Crippen molar-refractivity contribution in [2.45, 2.75) is 56.5 Å². The molecule has 6 nitrogen and oxygen atoms in total. The lowest BCUT2D eigenvalue weighted by atomic mass is 9.85. The summed E-state index contributed by atoms with van der Waals surface area (Å²) in [5, 5.41) is 12.8. The molecule has 1 aliphatic carbocycles. The Bertz CT molecular complexity index is 1100. The van der Waals surface area contributed by atoms with Crippen LogP contribution in [-0.2, 0) is 16.0 Å². The molecular weight excluding hydrogens is 428 g/mol. The van der Waals surface area contributed by atoms with Crippen molar-refractivity contribution < 1.29 is 19.4 Å². The first-order chi connectivity index (χ1) is 16.5. The minimum atomic E-state index is -0.882. The third-order valence-electron chi connectivity index (χ3n) is 8.65. The Balaban J connectivity index is 1.08. The quantitative estimate of drug-likeness (QED) is 0.707. The van der Waals surface area contributed by atoms with Crippen LogP contribution >= 0.6 is 0 Å². The number of carboxylic acids is 1. The third kappa shape index (κ3) is 3.78. The standard InChI is InChI=1S/C28H32N2O4/c31-26(24-5-2-14-34-24)30-12-10-28(11-13-30)16-23(28)19-8-6-18(7-9-19)21-15-20-3-1-4-22(27(32)33)25(20)29-17-21/h1,3-4,6-9,21,23-24,29H,2,5,10-17H2,(H,32,33)/t21?,23-,24-/m1/s1. The summed E-state index contributed by atoms with van der Waals surface area (Å²) in [5.41, 5.74) is 5.29. The second kappa shape index (κ2) is 8.42. The summed E-state index contributed by atoms with van der Waals surface area (Å²) in [5.74, 6) is 0.260. The van der Waals surface area contributed by atoms with Crippen molar-refractivity contribution >= 4 is 17.6 Å². The highest BCUT2D eigenvalue weighted by atomic mass is 16.5. The SMILES string of the molecule is O=C(O)c1cccc2c1NCC(c1ccc([C@H]3CC34CCN(C(=O)[C@H]3CCCO3)CC4)cc1)C2. The molecule has 2 aromatic rings. The predicted octanol–water partition coefficient (Wildman–Crippen LogP) is 4.41. The fraction of sp³-hybridized carbons (Fsp3) is 0.500. The van der Waals surface area contributed by atoms with Crippen molar-refractivity contribution in [3.8, 4) is 0 Å². The van der Waals surface area contributed by atoms with Gasteiger partial charge in [0.1, 0.15) is 6.10 Å². The number of hydrogen-bond acceptors (Lipinski definition) is 4. The maximum absolute atomic E-state index is 12.7. The van der Waals surface area contributed by atoms with Gasteiger partial charge in [-0.25, -0.2) is 4.79 Å². The van der Waals surface area contributed by atoms with Gasteiger partial charge < -0.3 is 20.1 Å². The number of aromatic carboxylic acids is 1. The first-order valence-electron chi connectivity index (χ1n) is 12.6. The molecule has 3 heterocycles. The predicted molar refractivity (Wildman–Crippen MR) is 129 cm³/mol. The molecule has 0 radical (unpaired) electrons. The molecule has 178 valence electrons. The van der Waals surface area contributed by atoms with Crippen LogP contribution in [0.15, 0.2) is 42.5 Å². The number of piperidine rings is 1. The third-order valence-corrected chi connectivity index (χ3v) is 8.65. The number of carbonyl (C=O) groups excluding carboxylic acids is 1. The van der Waals surface area contributed by atoms with Gasteiger partial charge in [-0.2, -0.15) is 0 Å². The monoisotopic (exact) mass is 460 g/mol. The second-order valence-corrected chi connectivity index (χ2v) is 10.5. The van der Waals surface area contributed by atoms with Crippen LogP contribution in [0.3, 0.4) is 0 Å². The van der Waals surface area contributed by atoms with Crippen LogP contribution in [0.2, 0.25) is 0 Å². The number of likely N-dealkylation sites (tertiary alicyclic amines) is 1. The molecule has 2 N–H and O–H groups in total. The van der Waals surface area contributed by atoms with E-state index >= 15 is 0 Å². The lowest BCUT2D eigenvalue weighted by molar-refractivity contribution is -0.142. The number of carboxylic acid groups (broad SMARTS) is 1. The number of carbonyl (C=O) groups is 2. The van der Waals surface area contributed by atoms with Crippen LogP contribution in [0.1, 0.15) is 71.0 Å². The molecule has 1 saturated carbocycles. The van der Waals surface area contributed by atoms with Crippen LogP contribution in [0, 0.1) is 5.41 Å². The summed E-state index contributed by atoms with van der Waals surface area (Å²) in [4.78, 5) is 26.2. The number of rotatable bonds is 4. The van der Waals surface area contributed by atoms with E-state index in [-0.39, 0.29) is 12.0 Å². The molecule has 0 bridgehead atoms. The number of amides is 1. The summed E-state index contributed by atoms with van der Waals surface area (Å²) in [7, 11) is 0. The van der Waals surface area contributed by atoms with E-state index in [0.717, 1.165) is 69.6 Å². The topological polar surface area (TPSA) is 78.9 Å². The molecular formula is C28H32N2O4. The second-order valence-electron chi connectivity index (χ2n) is 10.5. The van der Waals surface area contributed by atoms with Crippen molar-refractivity contribution in [3.05, 3.63) is 64.7 Å². The minimum absolute atomic E-state index is 0.200. The van der Waals surface area contributed by atoms with Gasteiger partial charge in [-0.1, -0.05) is 36.4 Å². The van der Waals surface area contributed by atoms with Crippen LogP contribution in [0.5, 0.6) is 0 Å². The van der Waals surface area contributed by atoms with Gasteiger partial charge in [0.25, 0.3) is 5.91 Å². The Morgan fingerprint density at radius 1 is 1.06 bits per heavy atom. The highest BCUT2D eigenvalue weighted by molar-refractivity contribution is 5.95. The zero-order chi connectivity index (χ0) is 23.3. The fourth-order valence-corrected chi connectivity index (χ4v) is 6.48. The molecule has 0 aromatic heterocycles. The van der Waals surface area contributed by atoms with Crippen molar-refractivity contribution in [3.63, 3.8) is 0 Å². The van der Waals surface area contributed by atoms with E-state index in [4.69, 9.17) is 4.74 Å². The van der Waals surface area contributed by atoms with Gasteiger partial charge in [0.15, 0.2) is 0 Å². The van der Waals surface area contributed by atoms with Crippen molar-refractivity contribution in [1.29, 1.82) is 0 Å². The molecule has 6 rings (SSSR count). The normalized spacial score (nSPS) is 27.2. The highest BCUT2D eigenvalue weighted by Crippen LogP contribution is 2.65. The van der Waals surface area contributed by atoms with Crippen LogP contribution in [0.4, 0.5) is 5.69 Å². The van der Waals surface area contributed by atoms with E-state index < -0.39 is 5.97 Å². The van der Waals surface area contributed by atoms with Gasteiger partial charge in [0.05, 0.1) is 11.3 Å². The number of nitrogens with one attached hydrogen (secondary N) is 1. The molecule has 3 aliphatic heterocycles. The Morgan fingerprint density at radius 2 is 1.82 bits per heavy atom. The Labute approximate surface area is 200 Å².